The molecule has 1 aromatic carbocycles. The van der Waals surface area contributed by atoms with E-state index in [4.69, 9.17) is 4.74 Å². The third-order valence-electron chi connectivity index (χ3n) is 5.00. The summed E-state index contributed by atoms with van der Waals surface area (Å²) in [6.45, 7) is -0.239. The predicted octanol–water partition coefficient (Wildman–Crippen LogP) is 4.18. The zero-order chi connectivity index (χ0) is 14.7. The Morgan fingerprint density at radius 1 is 1.10 bits per heavy atom. The number of halogens is 1. The summed E-state index contributed by atoms with van der Waals surface area (Å²) in [6, 6.07) is 8.71. The van der Waals surface area contributed by atoms with Gasteiger partial charge in [0, 0.05) is 0 Å². The second-order valence-electron chi connectivity index (χ2n) is 6.38. The fraction of sp³-hybridized carbons (Fsp3) is 0.611. The molecule has 1 heterocycles. The molecule has 114 valence electrons. The maximum Gasteiger partial charge on any atom is 0.309 e. The normalized spacial score (nSPS) is 28.8. The fourth-order valence-corrected chi connectivity index (χ4v) is 3.64. The van der Waals surface area contributed by atoms with E-state index >= 15 is 0 Å². The molecule has 0 N–H and O–H groups in total. The molecule has 3 heteroatoms. The Hall–Kier alpha value is -1.38. The number of benzene rings is 1. The number of ether oxygens (including phenoxy) is 1. The van der Waals surface area contributed by atoms with Crippen LogP contribution < -0.4 is 0 Å². The van der Waals surface area contributed by atoms with Gasteiger partial charge >= 0.3 is 5.97 Å². The van der Waals surface area contributed by atoms with Gasteiger partial charge in [-0.15, -0.1) is 0 Å². The van der Waals surface area contributed by atoms with E-state index in [2.05, 4.69) is 24.3 Å². The summed E-state index contributed by atoms with van der Waals surface area (Å²) in [5, 5.41) is 0. The number of carbonyl (C=O) groups is 1. The van der Waals surface area contributed by atoms with E-state index in [9.17, 15) is 9.18 Å². The maximum absolute atomic E-state index is 12.2. The number of esters is 1. The zero-order valence-electron chi connectivity index (χ0n) is 12.4. The Balaban J connectivity index is 1.50. The summed E-state index contributed by atoms with van der Waals surface area (Å²) in [5.74, 6) is 1.17. The number of hydrogen-bond donors (Lipinski definition) is 0. The quantitative estimate of drug-likeness (QED) is 0.760. The van der Waals surface area contributed by atoms with Crippen molar-refractivity contribution in [2.75, 3.05) is 6.67 Å². The lowest BCUT2D eigenvalue weighted by Crippen LogP contribution is -2.40. The van der Waals surface area contributed by atoms with Crippen LogP contribution in [0.5, 0.6) is 0 Å². The van der Waals surface area contributed by atoms with Gasteiger partial charge in [0.05, 0.1) is 13.1 Å². The van der Waals surface area contributed by atoms with Gasteiger partial charge in [-0.05, 0) is 61.5 Å². The topological polar surface area (TPSA) is 26.3 Å². The fourth-order valence-electron chi connectivity index (χ4n) is 3.64. The van der Waals surface area contributed by atoms with Gasteiger partial charge in [-0.25, -0.2) is 0 Å². The van der Waals surface area contributed by atoms with Gasteiger partial charge in [-0.3, -0.25) is 9.18 Å². The van der Waals surface area contributed by atoms with E-state index in [1.54, 1.807) is 0 Å². The summed E-state index contributed by atoms with van der Waals surface area (Å²) in [6.07, 6.45) is 6.95. The molecule has 2 nitrogen and oxygen atoms in total. The maximum atomic E-state index is 12.2. The molecule has 0 spiro atoms. The van der Waals surface area contributed by atoms with E-state index in [0.29, 0.717) is 24.7 Å². The second-order valence-corrected chi connectivity index (χ2v) is 6.38. The van der Waals surface area contributed by atoms with Crippen LogP contribution in [0.3, 0.4) is 0 Å². The van der Waals surface area contributed by atoms with Crippen molar-refractivity contribution in [2.45, 2.75) is 57.0 Å². The molecular formula is C18H23FO2. The monoisotopic (exact) mass is 290 g/mol. The van der Waals surface area contributed by atoms with Gasteiger partial charge in [-0.1, -0.05) is 24.3 Å². The van der Waals surface area contributed by atoms with Gasteiger partial charge in [0.1, 0.15) is 6.10 Å². The minimum absolute atomic E-state index is 0.0361. The average molecular weight is 290 g/mol. The molecule has 1 aliphatic carbocycles. The van der Waals surface area contributed by atoms with Crippen LogP contribution in [0.25, 0.3) is 0 Å². The molecule has 2 aliphatic rings. The van der Waals surface area contributed by atoms with Crippen molar-refractivity contribution in [3.8, 4) is 0 Å². The number of alkyl halides is 1. The highest BCUT2D eigenvalue weighted by Crippen LogP contribution is 2.40. The van der Waals surface area contributed by atoms with Gasteiger partial charge < -0.3 is 4.74 Å². The third kappa shape index (κ3) is 3.45. The number of hydrogen-bond acceptors (Lipinski definition) is 2. The number of carbonyl (C=O) groups excluding carboxylic acids is 1. The Bertz CT molecular complexity index is 466. The molecule has 1 saturated carbocycles. The molecule has 3 rings (SSSR count). The lowest BCUT2D eigenvalue weighted by atomic mass is 9.75. The van der Waals surface area contributed by atoms with E-state index in [0.717, 1.165) is 19.3 Å². The highest BCUT2D eigenvalue weighted by atomic mass is 19.1. The minimum atomic E-state index is -0.239. The summed E-state index contributed by atoms with van der Waals surface area (Å²) >= 11 is 0. The Morgan fingerprint density at radius 3 is 2.33 bits per heavy atom. The number of cyclic esters (lactones) is 1. The predicted molar refractivity (Wildman–Crippen MR) is 79.9 cm³/mol. The molecule has 0 bridgehead atoms. The SMILES string of the molecule is O=C1CC(C2CCC(c3ccc(CCCF)cc3)CC2)O1. The van der Waals surface area contributed by atoms with Crippen molar-refractivity contribution < 1.29 is 13.9 Å². The third-order valence-corrected chi connectivity index (χ3v) is 5.00. The molecule has 1 aromatic rings. The highest BCUT2D eigenvalue weighted by Gasteiger charge is 2.37. The molecule has 1 atom stereocenters. The smallest absolute Gasteiger partial charge is 0.309 e. The molecule has 1 aliphatic heterocycles. The van der Waals surface area contributed by atoms with Gasteiger partial charge in [0.25, 0.3) is 0 Å². The lowest BCUT2D eigenvalue weighted by molar-refractivity contribution is -0.176. The van der Waals surface area contributed by atoms with Gasteiger partial charge in [0.2, 0.25) is 0 Å². The summed E-state index contributed by atoms with van der Waals surface area (Å²) in [4.78, 5) is 10.9. The summed E-state index contributed by atoms with van der Waals surface area (Å²) < 4.78 is 17.4. The molecule has 2 fully saturated rings. The standard InChI is InChI=1S/C18H23FO2/c19-11-1-2-13-3-5-14(6-4-13)15-7-9-16(10-8-15)17-12-18(20)21-17/h3-6,15-17H,1-2,7-12H2. The zero-order valence-corrected chi connectivity index (χ0v) is 12.4. The first-order valence-electron chi connectivity index (χ1n) is 8.10. The van der Waals surface area contributed by atoms with Crippen LogP contribution in [0.4, 0.5) is 4.39 Å². The number of rotatable bonds is 5. The van der Waals surface area contributed by atoms with Crippen molar-refractivity contribution in [3.05, 3.63) is 35.4 Å². The molecule has 21 heavy (non-hydrogen) atoms. The van der Waals surface area contributed by atoms with Crippen LogP contribution in [0, 0.1) is 5.92 Å². The van der Waals surface area contributed by atoms with Crippen molar-refractivity contribution in [1.29, 1.82) is 0 Å². The van der Waals surface area contributed by atoms with Crippen LogP contribution in [0.1, 0.15) is 55.6 Å². The van der Waals surface area contributed by atoms with Crippen LogP contribution in [-0.2, 0) is 16.0 Å². The van der Waals surface area contributed by atoms with Crippen molar-refractivity contribution in [2.24, 2.45) is 5.92 Å². The molecular weight excluding hydrogens is 267 g/mol. The first-order valence-corrected chi connectivity index (χ1v) is 8.10. The molecule has 0 amide bonds. The van der Waals surface area contributed by atoms with Crippen molar-refractivity contribution in [3.63, 3.8) is 0 Å². The highest BCUT2D eigenvalue weighted by molar-refractivity contribution is 5.75. The van der Waals surface area contributed by atoms with Crippen LogP contribution in [0.2, 0.25) is 0 Å². The molecule has 0 aromatic heterocycles. The number of aryl methyl sites for hydroxylation is 1. The Morgan fingerprint density at radius 2 is 1.76 bits per heavy atom. The van der Waals surface area contributed by atoms with E-state index < -0.39 is 0 Å². The Labute approximate surface area is 125 Å². The molecule has 1 unspecified atom stereocenters. The van der Waals surface area contributed by atoms with Crippen LogP contribution in [0.15, 0.2) is 24.3 Å². The van der Waals surface area contributed by atoms with E-state index in [-0.39, 0.29) is 18.7 Å². The first-order chi connectivity index (χ1) is 10.3. The van der Waals surface area contributed by atoms with Crippen molar-refractivity contribution >= 4 is 5.97 Å². The van der Waals surface area contributed by atoms with Gasteiger partial charge in [-0.2, -0.15) is 0 Å². The summed E-state index contributed by atoms with van der Waals surface area (Å²) in [5.41, 5.74) is 2.63. The van der Waals surface area contributed by atoms with Crippen LogP contribution >= 0.6 is 0 Å². The Kier molecular flexibility index (Phi) is 4.57. The van der Waals surface area contributed by atoms with Gasteiger partial charge in [0.15, 0.2) is 0 Å². The largest absolute Gasteiger partial charge is 0.461 e. The average Bonchev–Trinajstić information content (AvgIpc) is 2.51. The lowest BCUT2D eigenvalue weighted by Gasteiger charge is -2.37. The minimum Gasteiger partial charge on any atom is -0.461 e. The summed E-state index contributed by atoms with van der Waals surface area (Å²) in [7, 11) is 0. The molecule has 0 radical (unpaired) electrons. The van der Waals surface area contributed by atoms with Crippen LogP contribution in [-0.4, -0.2) is 18.7 Å². The van der Waals surface area contributed by atoms with Crippen molar-refractivity contribution in [1.82, 2.24) is 0 Å². The van der Waals surface area contributed by atoms with E-state index in [1.807, 2.05) is 0 Å². The first kappa shape index (κ1) is 14.6. The van der Waals surface area contributed by atoms with E-state index in [1.165, 1.54) is 24.0 Å². The molecule has 1 saturated heterocycles. The second kappa shape index (κ2) is 6.59.